The van der Waals surface area contributed by atoms with E-state index >= 15 is 0 Å². The van der Waals surface area contributed by atoms with Crippen molar-refractivity contribution in [2.75, 3.05) is 27.3 Å². The Balaban J connectivity index is 1.53. The van der Waals surface area contributed by atoms with Crippen molar-refractivity contribution in [3.63, 3.8) is 0 Å². The van der Waals surface area contributed by atoms with Crippen LogP contribution < -0.4 is 9.47 Å². The van der Waals surface area contributed by atoms with Gasteiger partial charge >= 0.3 is 0 Å². The molecular formula is C25H27BrN2O4. The fraction of sp³-hybridized carbons (Fsp3) is 0.440. The van der Waals surface area contributed by atoms with Gasteiger partial charge in [-0.15, -0.1) is 0 Å². The Morgan fingerprint density at radius 1 is 1.12 bits per heavy atom. The zero-order valence-corrected chi connectivity index (χ0v) is 19.9. The van der Waals surface area contributed by atoms with Crippen molar-refractivity contribution >= 4 is 27.6 Å². The third kappa shape index (κ3) is 3.52. The third-order valence-corrected chi connectivity index (χ3v) is 7.67. The molecule has 2 aromatic rings. The minimum atomic E-state index is -0.227. The predicted octanol–water partition coefficient (Wildman–Crippen LogP) is 4.01. The number of amides is 1. The highest BCUT2D eigenvalue weighted by molar-refractivity contribution is 9.10. The highest BCUT2D eigenvalue weighted by atomic mass is 79.9. The molecule has 3 atom stereocenters. The smallest absolute Gasteiger partial charge is 0.240 e. The van der Waals surface area contributed by atoms with E-state index in [-0.39, 0.29) is 36.4 Å². The first-order valence-electron chi connectivity index (χ1n) is 11.1. The number of hydrogen-bond donors (Lipinski definition) is 0. The van der Waals surface area contributed by atoms with Gasteiger partial charge in [-0.05, 0) is 49.4 Å². The number of rotatable bonds is 5. The average Bonchev–Trinajstić information content (AvgIpc) is 2.81. The number of Topliss-reactive ketones (excluding diaryl/α,β-unsaturated/α-hetero) is 1. The Hall–Kier alpha value is -2.38. The summed E-state index contributed by atoms with van der Waals surface area (Å²) in [6.45, 7) is 0.940. The van der Waals surface area contributed by atoms with Crippen LogP contribution >= 0.6 is 15.9 Å². The first-order valence-corrected chi connectivity index (χ1v) is 11.9. The number of benzene rings is 2. The van der Waals surface area contributed by atoms with E-state index in [2.05, 4.69) is 26.9 Å². The summed E-state index contributed by atoms with van der Waals surface area (Å²) in [4.78, 5) is 30.9. The molecule has 2 saturated heterocycles. The van der Waals surface area contributed by atoms with Crippen molar-refractivity contribution in [2.45, 2.75) is 43.8 Å². The maximum absolute atomic E-state index is 13.6. The highest BCUT2D eigenvalue weighted by Gasteiger charge is 2.51. The normalized spacial score (nSPS) is 24.5. The number of piperidine rings is 1. The van der Waals surface area contributed by atoms with Crippen LogP contribution in [0.1, 0.15) is 46.8 Å². The van der Waals surface area contributed by atoms with E-state index in [0.717, 1.165) is 47.2 Å². The maximum atomic E-state index is 13.6. The average molecular weight is 499 g/mol. The zero-order chi connectivity index (χ0) is 22.4. The van der Waals surface area contributed by atoms with Crippen molar-refractivity contribution in [3.05, 3.63) is 57.6 Å². The number of halogens is 1. The second-order valence-corrected chi connectivity index (χ2v) is 9.66. The molecule has 2 bridgehead atoms. The number of fused-ring (bicyclic) bond motifs is 6. The van der Waals surface area contributed by atoms with Crippen molar-refractivity contribution in [3.8, 4) is 11.5 Å². The van der Waals surface area contributed by atoms with Gasteiger partial charge in [0, 0.05) is 34.3 Å². The number of piperazine rings is 1. The summed E-state index contributed by atoms with van der Waals surface area (Å²) in [5.41, 5.74) is 2.91. The number of ether oxygens (including phenoxy) is 2. The summed E-state index contributed by atoms with van der Waals surface area (Å²) in [5, 5.41) is 0. The molecule has 6 nitrogen and oxygen atoms in total. The predicted molar refractivity (Wildman–Crippen MR) is 124 cm³/mol. The highest BCUT2D eigenvalue weighted by Crippen LogP contribution is 2.48. The van der Waals surface area contributed by atoms with E-state index in [1.54, 1.807) is 14.2 Å². The van der Waals surface area contributed by atoms with Gasteiger partial charge in [-0.25, -0.2) is 0 Å². The molecule has 168 valence electrons. The van der Waals surface area contributed by atoms with Gasteiger partial charge < -0.3 is 14.4 Å². The van der Waals surface area contributed by atoms with Gasteiger partial charge in [0.15, 0.2) is 5.78 Å². The molecule has 1 amide bonds. The van der Waals surface area contributed by atoms with Crippen LogP contribution in [-0.2, 0) is 11.2 Å². The van der Waals surface area contributed by atoms with Crippen LogP contribution in [0.3, 0.4) is 0 Å². The first kappa shape index (κ1) is 21.5. The number of nitrogens with zero attached hydrogens (tertiary/aromatic N) is 2. The Morgan fingerprint density at radius 3 is 2.62 bits per heavy atom. The van der Waals surface area contributed by atoms with Gasteiger partial charge in [0.05, 0.1) is 32.8 Å². The lowest BCUT2D eigenvalue weighted by molar-refractivity contribution is -0.155. The molecule has 0 aromatic heterocycles. The summed E-state index contributed by atoms with van der Waals surface area (Å²) >= 11 is 3.43. The number of hydrogen-bond acceptors (Lipinski definition) is 5. The van der Waals surface area contributed by atoms with E-state index in [0.29, 0.717) is 12.1 Å². The molecule has 0 spiro atoms. The van der Waals surface area contributed by atoms with E-state index in [1.807, 2.05) is 35.2 Å². The van der Waals surface area contributed by atoms with E-state index < -0.39 is 0 Å². The van der Waals surface area contributed by atoms with Crippen LogP contribution in [0.2, 0.25) is 0 Å². The van der Waals surface area contributed by atoms with Gasteiger partial charge in [-0.1, -0.05) is 28.1 Å². The van der Waals surface area contributed by atoms with Gasteiger partial charge in [0.2, 0.25) is 5.91 Å². The lowest BCUT2D eigenvalue weighted by Gasteiger charge is -2.55. The molecular weight excluding hydrogens is 472 g/mol. The molecule has 7 heteroatoms. The maximum Gasteiger partial charge on any atom is 0.240 e. The quantitative estimate of drug-likeness (QED) is 0.582. The topological polar surface area (TPSA) is 59.1 Å². The molecule has 0 saturated carbocycles. The number of ketones is 1. The van der Waals surface area contributed by atoms with Gasteiger partial charge in [0.1, 0.15) is 11.5 Å². The minimum absolute atomic E-state index is 0.0494. The number of carbonyl (C=O) groups excluding carboxylic acids is 2. The minimum Gasteiger partial charge on any atom is -0.497 e. The van der Waals surface area contributed by atoms with Crippen LogP contribution in [0.25, 0.3) is 0 Å². The molecule has 2 aromatic carbocycles. The number of carbonyl (C=O) groups is 2. The summed E-state index contributed by atoms with van der Waals surface area (Å²) in [6.07, 6.45) is 3.52. The largest absolute Gasteiger partial charge is 0.497 e. The lowest BCUT2D eigenvalue weighted by Crippen LogP contribution is -2.66. The van der Waals surface area contributed by atoms with Gasteiger partial charge in [-0.2, -0.15) is 0 Å². The summed E-state index contributed by atoms with van der Waals surface area (Å²) in [6, 6.07) is 11.2. The van der Waals surface area contributed by atoms with Crippen LogP contribution in [0.5, 0.6) is 11.5 Å². The molecule has 5 rings (SSSR count). The van der Waals surface area contributed by atoms with Crippen molar-refractivity contribution in [1.29, 1.82) is 0 Å². The monoisotopic (exact) mass is 498 g/mol. The molecule has 0 radical (unpaired) electrons. The second kappa shape index (κ2) is 8.52. The van der Waals surface area contributed by atoms with Crippen molar-refractivity contribution in [2.24, 2.45) is 0 Å². The molecule has 3 unspecified atom stereocenters. The molecule has 3 aliphatic heterocycles. The van der Waals surface area contributed by atoms with Crippen LogP contribution in [-0.4, -0.2) is 60.9 Å². The summed E-state index contributed by atoms with van der Waals surface area (Å²) in [5.74, 6) is 1.71. The Bertz CT molecular complexity index is 1040. The molecule has 2 fully saturated rings. The zero-order valence-electron chi connectivity index (χ0n) is 18.3. The molecule has 0 N–H and O–H groups in total. The SMILES string of the molecule is COc1cc2c(c(OC)c1)C1C3CCCC(C(=O)N1CC2)N3CC(=O)c1ccc(Br)cc1. The number of methoxy groups -OCH3 is 2. The molecule has 32 heavy (non-hydrogen) atoms. The fourth-order valence-electron chi connectivity index (χ4n) is 5.67. The summed E-state index contributed by atoms with van der Waals surface area (Å²) in [7, 11) is 3.32. The van der Waals surface area contributed by atoms with Gasteiger partial charge in [0.25, 0.3) is 0 Å². The second-order valence-electron chi connectivity index (χ2n) is 8.75. The third-order valence-electron chi connectivity index (χ3n) is 7.14. The molecule has 3 heterocycles. The van der Waals surface area contributed by atoms with E-state index in [9.17, 15) is 9.59 Å². The van der Waals surface area contributed by atoms with Crippen molar-refractivity contribution < 1.29 is 19.1 Å². The Morgan fingerprint density at radius 2 is 1.91 bits per heavy atom. The summed E-state index contributed by atoms with van der Waals surface area (Å²) < 4.78 is 12.2. The Labute approximate surface area is 196 Å². The lowest BCUT2D eigenvalue weighted by atomic mass is 9.78. The van der Waals surface area contributed by atoms with Crippen LogP contribution in [0.15, 0.2) is 40.9 Å². The first-order chi connectivity index (χ1) is 15.5. The molecule has 0 aliphatic carbocycles. The van der Waals surface area contributed by atoms with E-state index in [1.165, 1.54) is 5.56 Å². The van der Waals surface area contributed by atoms with Crippen LogP contribution in [0, 0.1) is 0 Å². The van der Waals surface area contributed by atoms with E-state index in [4.69, 9.17) is 9.47 Å². The Kier molecular flexibility index (Phi) is 5.72. The van der Waals surface area contributed by atoms with Crippen LogP contribution in [0.4, 0.5) is 0 Å². The van der Waals surface area contributed by atoms with Gasteiger partial charge in [-0.3, -0.25) is 14.5 Å². The standard InChI is InChI=1S/C25H27BrN2O4/c1-31-18-12-16-10-11-27-24(23(16)22(13-18)32-2)19-4-3-5-20(25(27)30)28(19)14-21(29)15-6-8-17(26)9-7-15/h6-9,12-13,19-20,24H,3-5,10-11,14H2,1-2H3. The molecule has 3 aliphatic rings. The fourth-order valence-corrected chi connectivity index (χ4v) is 5.93. The van der Waals surface area contributed by atoms with Crippen molar-refractivity contribution in [1.82, 2.24) is 9.80 Å².